The van der Waals surface area contributed by atoms with Crippen LogP contribution in [0.5, 0.6) is 0 Å². The van der Waals surface area contributed by atoms with Crippen LogP contribution in [0.15, 0.2) is 48.5 Å². The van der Waals surface area contributed by atoms with Crippen molar-refractivity contribution < 1.29 is 19.4 Å². The number of carboxylic acids is 1. The Labute approximate surface area is 144 Å². The first-order valence-electron chi connectivity index (χ1n) is 7.52. The number of nitrogens with one attached hydrogen (secondary N) is 1. The van der Waals surface area contributed by atoms with E-state index in [2.05, 4.69) is 5.32 Å². The highest BCUT2D eigenvalue weighted by Crippen LogP contribution is 2.44. The number of fused-ring (bicyclic) bond motifs is 3. The molecule has 1 atom stereocenters. The number of carbonyl (C=O) groups is 2. The van der Waals surface area contributed by atoms with Crippen molar-refractivity contribution in [3.05, 3.63) is 59.7 Å². The minimum atomic E-state index is -1.20. The third-order valence-corrected chi connectivity index (χ3v) is 4.40. The van der Waals surface area contributed by atoms with Gasteiger partial charge in [0.05, 0.1) is 5.88 Å². The summed E-state index contributed by atoms with van der Waals surface area (Å²) in [6.07, 6.45) is -0.787. The van der Waals surface area contributed by atoms with Crippen LogP contribution in [0.4, 0.5) is 4.79 Å². The largest absolute Gasteiger partial charge is 0.480 e. The van der Waals surface area contributed by atoms with Gasteiger partial charge in [0.2, 0.25) is 0 Å². The number of aliphatic carboxylic acids is 1. The fourth-order valence-electron chi connectivity index (χ4n) is 2.95. The number of alkyl carbamates (subject to hydrolysis) is 1. The molecule has 1 aliphatic rings. The second-order valence-electron chi connectivity index (χ2n) is 5.52. The van der Waals surface area contributed by atoms with Gasteiger partial charge in [-0.1, -0.05) is 48.5 Å². The third-order valence-electron chi connectivity index (χ3n) is 4.09. The maximum atomic E-state index is 11.8. The van der Waals surface area contributed by atoms with E-state index < -0.39 is 18.1 Å². The predicted octanol–water partition coefficient (Wildman–Crippen LogP) is 3.22. The zero-order valence-corrected chi connectivity index (χ0v) is 13.5. The summed E-state index contributed by atoms with van der Waals surface area (Å²) < 4.78 is 5.25. The molecule has 0 radical (unpaired) electrons. The van der Waals surface area contributed by atoms with Crippen molar-refractivity contribution in [2.24, 2.45) is 0 Å². The van der Waals surface area contributed by atoms with Crippen molar-refractivity contribution in [2.75, 3.05) is 12.5 Å². The molecule has 1 amide bonds. The van der Waals surface area contributed by atoms with Gasteiger partial charge in [0.15, 0.2) is 0 Å². The number of hydrogen-bond donors (Lipinski definition) is 2. The SMILES string of the molecule is O=C(N[C@H](CCl)C(=O)O)OCC1c2ccccc2-c2ccccc21. The van der Waals surface area contributed by atoms with E-state index in [1.807, 2.05) is 48.5 Å². The standard InChI is InChI=1S/C18H16ClNO4/c19-9-16(17(21)22)20-18(23)24-10-15-13-7-3-1-5-11(13)12-6-2-4-8-14(12)15/h1-8,15-16H,9-10H2,(H,20,23)(H,21,22)/t16-/m1/s1. The van der Waals surface area contributed by atoms with Crippen molar-refractivity contribution in [1.82, 2.24) is 5.32 Å². The summed E-state index contributed by atoms with van der Waals surface area (Å²) in [7, 11) is 0. The second kappa shape index (κ2) is 6.93. The molecule has 0 heterocycles. The van der Waals surface area contributed by atoms with E-state index >= 15 is 0 Å². The minimum Gasteiger partial charge on any atom is -0.480 e. The van der Waals surface area contributed by atoms with Crippen LogP contribution in [-0.4, -0.2) is 35.7 Å². The first-order chi connectivity index (χ1) is 11.6. The summed E-state index contributed by atoms with van der Waals surface area (Å²) in [6, 6.07) is 14.8. The van der Waals surface area contributed by atoms with Crippen molar-refractivity contribution in [3.63, 3.8) is 0 Å². The van der Waals surface area contributed by atoms with Crippen LogP contribution >= 0.6 is 11.6 Å². The van der Waals surface area contributed by atoms with Gasteiger partial charge < -0.3 is 15.2 Å². The van der Waals surface area contributed by atoms with Crippen LogP contribution in [-0.2, 0) is 9.53 Å². The molecule has 5 nitrogen and oxygen atoms in total. The zero-order chi connectivity index (χ0) is 17.1. The molecule has 0 fully saturated rings. The summed E-state index contributed by atoms with van der Waals surface area (Å²) in [5.74, 6) is -1.49. The molecule has 24 heavy (non-hydrogen) atoms. The molecule has 0 saturated carbocycles. The lowest BCUT2D eigenvalue weighted by molar-refractivity contribution is -0.138. The summed E-state index contributed by atoms with van der Waals surface area (Å²) in [5.41, 5.74) is 4.45. The van der Waals surface area contributed by atoms with Crippen molar-refractivity contribution >= 4 is 23.7 Å². The molecule has 0 saturated heterocycles. The normalized spacial score (nSPS) is 13.7. The lowest BCUT2D eigenvalue weighted by Crippen LogP contribution is -2.42. The summed E-state index contributed by atoms with van der Waals surface area (Å²) in [5, 5.41) is 11.2. The summed E-state index contributed by atoms with van der Waals surface area (Å²) in [6.45, 7) is 0.133. The topological polar surface area (TPSA) is 75.6 Å². The number of rotatable bonds is 5. The highest BCUT2D eigenvalue weighted by Gasteiger charge is 2.29. The molecule has 0 unspecified atom stereocenters. The smallest absolute Gasteiger partial charge is 0.407 e. The molecule has 0 aromatic heterocycles. The number of ether oxygens (including phenoxy) is 1. The molecule has 6 heteroatoms. The van der Waals surface area contributed by atoms with E-state index in [-0.39, 0.29) is 18.4 Å². The predicted molar refractivity (Wildman–Crippen MR) is 90.3 cm³/mol. The van der Waals surface area contributed by atoms with Gasteiger partial charge in [0.1, 0.15) is 12.6 Å². The number of carboxylic acid groups (broad SMARTS) is 1. The van der Waals surface area contributed by atoms with Gasteiger partial charge in [-0.2, -0.15) is 0 Å². The van der Waals surface area contributed by atoms with E-state index in [1.165, 1.54) is 0 Å². The number of alkyl halides is 1. The Bertz CT molecular complexity index is 732. The van der Waals surface area contributed by atoms with Gasteiger partial charge >= 0.3 is 12.1 Å². The molecule has 1 aliphatic carbocycles. The number of halogens is 1. The molecular formula is C18H16ClNO4. The second-order valence-corrected chi connectivity index (χ2v) is 5.82. The van der Waals surface area contributed by atoms with Crippen LogP contribution in [0.3, 0.4) is 0 Å². The summed E-state index contributed by atoms with van der Waals surface area (Å²) in [4.78, 5) is 22.7. The molecule has 2 N–H and O–H groups in total. The Morgan fingerprint density at radius 3 is 2.12 bits per heavy atom. The van der Waals surface area contributed by atoms with Crippen LogP contribution < -0.4 is 5.32 Å². The molecule has 0 aliphatic heterocycles. The van der Waals surface area contributed by atoms with Gasteiger partial charge in [-0.15, -0.1) is 11.6 Å². The van der Waals surface area contributed by atoms with Crippen molar-refractivity contribution in [2.45, 2.75) is 12.0 Å². The average molecular weight is 346 g/mol. The van der Waals surface area contributed by atoms with Gasteiger partial charge in [-0.3, -0.25) is 0 Å². The lowest BCUT2D eigenvalue weighted by Gasteiger charge is -2.16. The maximum absolute atomic E-state index is 11.8. The zero-order valence-electron chi connectivity index (χ0n) is 12.7. The van der Waals surface area contributed by atoms with Crippen LogP contribution in [0.25, 0.3) is 11.1 Å². The van der Waals surface area contributed by atoms with E-state index in [4.69, 9.17) is 21.4 Å². The number of benzene rings is 2. The quantitative estimate of drug-likeness (QED) is 0.816. The molecule has 0 bridgehead atoms. The van der Waals surface area contributed by atoms with Crippen LogP contribution in [0.2, 0.25) is 0 Å². The highest BCUT2D eigenvalue weighted by atomic mass is 35.5. The third kappa shape index (κ3) is 3.08. The number of carbonyl (C=O) groups excluding carboxylic acids is 1. The van der Waals surface area contributed by atoms with Gasteiger partial charge in [0, 0.05) is 5.92 Å². The number of amides is 1. The molecular weight excluding hydrogens is 330 g/mol. The average Bonchev–Trinajstić information content (AvgIpc) is 2.91. The van der Waals surface area contributed by atoms with E-state index in [0.29, 0.717) is 0 Å². The van der Waals surface area contributed by atoms with E-state index in [9.17, 15) is 9.59 Å². The van der Waals surface area contributed by atoms with Gasteiger partial charge in [-0.05, 0) is 22.3 Å². The van der Waals surface area contributed by atoms with E-state index in [0.717, 1.165) is 22.3 Å². The molecule has 2 aromatic rings. The Kier molecular flexibility index (Phi) is 4.71. The molecule has 3 rings (SSSR count). The Morgan fingerprint density at radius 1 is 1.08 bits per heavy atom. The Balaban J connectivity index is 1.74. The molecule has 2 aromatic carbocycles. The van der Waals surface area contributed by atoms with Crippen molar-refractivity contribution in [1.29, 1.82) is 0 Å². The van der Waals surface area contributed by atoms with Crippen LogP contribution in [0, 0.1) is 0 Å². The van der Waals surface area contributed by atoms with Gasteiger partial charge in [-0.25, -0.2) is 9.59 Å². The fourth-order valence-corrected chi connectivity index (χ4v) is 3.16. The lowest BCUT2D eigenvalue weighted by atomic mass is 9.98. The first-order valence-corrected chi connectivity index (χ1v) is 8.05. The Hall–Kier alpha value is -2.53. The monoisotopic (exact) mass is 345 g/mol. The van der Waals surface area contributed by atoms with Crippen molar-refractivity contribution in [3.8, 4) is 11.1 Å². The molecule has 0 spiro atoms. The molecule has 124 valence electrons. The van der Waals surface area contributed by atoms with Crippen LogP contribution in [0.1, 0.15) is 17.0 Å². The number of hydrogen-bond acceptors (Lipinski definition) is 3. The van der Waals surface area contributed by atoms with E-state index in [1.54, 1.807) is 0 Å². The first kappa shape index (κ1) is 16.3. The highest BCUT2D eigenvalue weighted by molar-refractivity contribution is 6.19. The Morgan fingerprint density at radius 2 is 1.62 bits per heavy atom. The summed E-state index contributed by atoms with van der Waals surface area (Å²) >= 11 is 5.52. The maximum Gasteiger partial charge on any atom is 0.407 e. The minimum absolute atomic E-state index is 0.0672. The van der Waals surface area contributed by atoms with Gasteiger partial charge in [0.25, 0.3) is 0 Å². The fraction of sp³-hybridized carbons (Fsp3) is 0.222.